The van der Waals surface area contributed by atoms with Gasteiger partial charge < -0.3 is 20.5 Å². The summed E-state index contributed by atoms with van der Waals surface area (Å²) in [6.07, 6.45) is 6.08. The van der Waals surface area contributed by atoms with Crippen LogP contribution in [0.2, 0.25) is 0 Å². The van der Waals surface area contributed by atoms with Crippen LogP contribution in [-0.2, 0) is 21.5 Å². The molecule has 9 nitrogen and oxygen atoms in total. The summed E-state index contributed by atoms with van der Waals surface area (Å²) in [5, 5.41) is 12.9. The van der Waals surface area contributed by atoms with Gasteiger partial charge in [0.1, 0.15) is 5.54 Å². The van der Waals surface area contributed by atoms with Crippen molar-refractivity contribution >= 4 is 29.1 Å². The number of aromatic nitrogens is 2. The summed E-state index contributed by atoms with van der Waals surface area (Å²) >= 11 is 0. The van der Waals surface area contributed by atoms with Crippen LogP contribution in [0.3, 0.4) is 0 Å². The van der Waals surface area contributed by atoms with Gasteiger partial charge in [0, 0.05) is 25.3 Å². The van der Waals surface area contributed by atoms with Gasteiger partial charge in [-0.2, -0.15) is 4.98 Å². The number of aryl methyl sites for hydroxylation is 1. The molecule has 0 bridgehead atoms. The topological polar surface area (TPSA) is 126 Å². The molecule has 4 rings (SSSR count). The largest absolute Gasteiger partial charge is 0.343 e. The smallest absolute Gasteiger partial charge is 0.255 e. The molecule has 0 atom stereocenters. The van der Waals surface area contributed by atoms with E-state index in [9.17, 15) is 14.4 Å². The molecule has 3 aromatic rings. The minimum atomic E-state index is -0.623. The minimum Gasteiger partial charge on any atom is -0.343 e. The first-order valence-corrected chi connectivity index (χ1v) is 12.3. The van der Waals surface area contributed by atoms with Crippen molar-refractivity contribution in [1.82, 2.24) is 15.5 Å². The molecule has 188 valence electrons. The number of nitrogens with zero attached hydrogens (tertiary/aromatic N) is 2. The molecular weight excluding hydrogens is 458 g/mol. The van der Waals surface area contributed by atoms with Crippen LogP contribution in [0.4, 0.5) is 11.4 Å². The molecular formula is C27H31N5O4. The van der Waals surface area contributed by atoms with E-state index in [0.717, 1.165) is 38.5 Å². The highest BCUT2D eigenvalue weighted by Crippen LogP contribution is 2.34. The molecule has 1 saturated carbocycles. The van der Waals surface area contributed by atoms with Crippen molar-refractivity contribution in [1.29, 1.82) is 0 Å². The molecule has 0 saturated heterocycles. The first-order chi connectivity index (χ1) is 17.4. The van der Waals surface area contributed by atoms with E-state index in [1.54, 1.807) is 48.5 Å². The van der Waals surface area contributed by atoms with Gasteiger partial charge in [-0.25, -0.2) is 0 Å². The number of hydrogen-bond donors (Lipinski definition) is 3. The van der Waals surface area contributed by atoms with Gasteiger partial charge in [-0.1, -0.05) is 61.2 Å². The normalized spacial score (nSPS) is 14.9. The average Bonchev–Trinajstić information content (AvgIpc) is 3.24. The van der Waals surface area contributed by atoms with Crippen LogP contribution in [0.1, 0.15) is 73.9 Å². The quantitative estimate of drug-likeness (QED) is 0.398. The summed E-state index contributed by atoms with van der Waals surface area (Å²) in [4.78, 5) is 41.7. The van der Waals surface area contributed by atoms with E-state index in [1.165, 1.54) is 6.92 Å². The summed E-state index contributed by atoms with van der Waals surface area (Å²) in [6, 6.07) is 15.9. The van der Waals surface area contributed by atoms with Crippen LogP contribution in [0, 0.1) is 0 Å². The highest BCUT2D eigenvalue weighted by molar-refractivity contribution is 6.07. The zero-order valence-electron chi connectivity index (χ0n) is 20.4. The number of anilines is 2. The standard InChI is InChI=1S/C27H31N5O4/c1-19(33)31-27(17-9-2-3-10-18-27)26-30-24(36-32-26)16-15-23(34)28-21-13-7-8-14-22(21)29-25(35)20-11-5-4-6-12-20/h4-8,11-14H,2-3,9-10,15-18H2,1H3,(H,28,34)(H,29,35)(H,31,33). The van der Waals surface area contributed by atoms with Crippen molar-refractivity contribution in [2.24, 2.45) is 0 Å². The summed E-state index contributed by atoms with van der Waals surface area (Å²) in [5.74, 6) is 0.189. The van der Waals surface area contributed by atoms with E-state index in [0.29, 0.717) is 28.7 Å². The van der Waals surface area contributed by atoms with E-state index in [1.807, 2.05) is 6.07 Å². The third kappa shape index (κ3) is 6.35. The highest BCUT2D eigenvalue weighted by atomic mass is 16.5. The Balaban J connectivity index is 1.38. The third-order valence-corrected chi connectivity index (χ3v) is 6.32. The van der Waals surface area contributed by atoms with E-state index in [4.69, 9.17) is 4.52 Å². The van der Waals surface area contributed by atoms with Crippen molar-refractivity contribution in [3.63, 3.8) is 0 Å². The lowest BCUT2D eigenvalue weighted by Gasteiger charge is -2.30. The lowest BCUT2D eigenvalue weighted by atomic mass is 9.89. The Labute approximate surface area is 210 Å². The van der Waals surface area contributed by atoms with Crippen LogP contribution >= 0.6 is 0 Å². The third-order valence-electron chi connectivity index (χ3n) is 6.32. The Morgan fingerprint density at radius 2 is 1.53 bits per heavy atom. The fourth-order valence-corrected chi connectivity index (χ4v) is 4.54. The molecule has 2 aromatic carbocycles. The van der Waals surface area contributed by atoms with E-state index < -0.39 is 5.54 Å². The molecule has 9 heteroatoms. The molecule has 1 aliphatic rings. The molecule has 0 unspecified atom stereocenters. The summed E-state index contributed by atoms with van der Waals surface area (Å²) in [7, 11) is 0. The van der Waals surface area contributed by atoms with Crippen molar-refractivity contribution < 1.29 is 18.9 Å². The predicted octanol–water partition coefficient (Wildman–Crippen LogP) is 4.58. The number of para-hydroxylation sites is 2. The Hall–Kier alpha value is -4.01. The molecule has 0 spiro atoms. The van der Waals surface area contributed by atoms with Crippen LogP contribution in [0.15, 0.2) is 59.1 Å². The SMILES string of the molecule is CC(=O)NC1(c2noc(CCC(=O)Nc3ccccc3NC(=O)c3ccccc3)n2)CCCCCC1. The summed E-state index contributed by atoms with van der Waals surface area (Å²) < 4.78 is 5.44. The van der Waals surface area contributed by atoms with E-state index >= 15 is 0 Å². The first kappa shape index (κ1) is 25.1. The van der Waals surface area contributed by atoms with Gasteiger partial charge in [-0.3, -0.25) is 14.4 Å². The minimum absolute atomic E-state index is 0.121. The van der Waals surface area contributed by atoms with Crippen molar-refractivity contribution in [3.05, 3.63) is 71.9 Å². The number of rotatable bonds is 8. The maximum atomic E-state index is 12.7. The second-order valence-electron chi connectivity index (χ2n) is 9.10. The molecule has 1 aromatic heterocycles. The van der Waals surface area contributed by atoms with Gasteiger partial charge in [0.25, 0.3) is 5.91 Å². The zero-order valence-corrected chi connectivity index (χ0v) is 20.4. The predicted molar refractivity (Wildman–Crippen MR) is 135 cm³/mol. The van der Waals surface area contributed by atoms with Crippen molar-refractivity contribution in [2.75, 3.05) is 10.6 Å². The molecule has 0 aliphatic heterocycles. The summed E-state index contributed by atoms with van der Waals surface area (Å²) in [5.41, 5.74) is 0.908. The molecule has 1 fully saturated rings. The number of carbonyl (C=O) groups excluding carboxylic acids is 3. The molecule has 3 amide bonds. The lowest BCUT2D eigenvalue weighted by Crippen LogP contribution is -2.45. The van der Waals surface area contributed by atoms with Crippen LogP contribution in [0.5, 0.6) is 0 Å². The summed E-state index contributed by atoms with van der Waals surface area (Å²) in [6.45, 7) is 1.50. The maximum Gasteiger partial charge on any atom is 0.255 e. The number of benzene rings is 2. The van der Waals surface area contributed by atoms with Gasteiger partial charge in [-0.15, -0.1) is 0 Å². The van der Waals surface area contributed by atoms with Crippen LogP contribution in [-0.4, -0.2) is 27.9 Å². The second kappa shape index (κ2) is 11.6. The molecule has 0 radical (unpaired) electrons. The van der Waals surface area contributed by atoms with Gasteiger partial charge in [0.2, 0.25) is 17.7 Å². The average molecular weight is 490 g/mol. The molecule has 1 heterocycles. The number of nitrogens with one attached hydrogen (secondary N) is 3. The highest BCUT2D eigenvalue weighted by Gasteiger charge is 2.38. The Morgan fingerprint density at radius 3 is 2.19 bits per heavy atom. The van der Waals surface area contributed by atoms with Gasteiger partial charge in [0.05, 0.1) is 11.4 Å². The monoisotopic (exact) mass is 489 g/mol. The Morgan fingerprint density at radius 1 is 0.889 bits per heavy atom. The van der Waals surface area contributed by atoms with E-state index in [-0.39, 0.29) is 30.6 Å². The second-order valence-corrected chi connectivity index (χ2v) is 9.10. The fraction of sp³-hybridized carbons (Fsp3) is 0.370. The van der Waals surface area contributed by atoms with Gasteiger partial charge in [-0.05, 0) is 37.1 Å². The lowest BCUT2D eigenvalue weighted by molar-refractivity contribution is -0.121. The van der Waals surface area contributed by atoms with Crippen molar-refractivity contribution in [3.8, 4) is 0 Å². The Kier molecular flexibility index (Phi) is 8.10. The number of amides is 3. The molecule has 1 aliphatic carbocycles. The number of hydrogen-bond acceptors (Lipinski definition) is 6. The molecule has 36 heavy (non-hydrogen) atoms. The maximum absolute atomic E-state index is 12.7. The molecule has 3 N–H and O–H groups in total. The van der Waals surface area contributed by atoms with Crippen LogP contribution in [0.25, 0.3) is 0 Å². The first-order valence-electron chi connectivity index (χ1n) is 12.3. The zero-order chi connectivity index (χ0) is 25.4. The van der Waals surface area contributed by atoms with Gasteiger partial charge in [0.15, 0.2) is 5.82 Å². The van der Waals surface area contributed by atoms with Crippen LogP contribution < -0.4 is 16.0 Å². The van der Waals surface area contributed by atoms with Gasteiger partial charge >= 0.3 is 0 Å². The fourth-order valence-electron chi connectivity index (χ4n) is 4.54. The Bertz CT molecular complexity index is 1200. The number of carbonyl (C=O) groups is 3. The van der Waals surface area contributed by atoms with Crippen molar-refractivity contribution in [2.45, 2.75) is 63.8 Å². The van der Waals surface area contributed by atoms with E-state index in [2.05, 4.69) is 26.1 Å².